The Labute approximate surface area is 124 Å². The molecule has 2 aliphatic rings. The minimum Gasteiger partial charge on any atom is -0.328 e. The van der Waals surface area contributed by atoms with Gasteiger partial charge in [0.05, 0.1) is 0 Å². The van der Waals surface area contributed by atoms with Crippen LogP contribution in [0.4, 0.5) is 11.4 Å². The number of nitrogens with one attached hydrogen (secondary N) is 2. The summed E-state index contributed by atoms with van der Waals surface area (Å²) in [6.45, 7) is 0. The van der Waals surface area contributed by atoms with Gasteiger partial charge in [-0.05, 0) is 43.4 Å². The zero-order valence-corrected chi connectivity index (χ0v) is 12.0. The Balaban J connectivity index is 1.68. The van der Waals surface area contributed by atoms with E-state index in [4.69, 9.17) is 5.73 Å². The number of hydrogen-bond acceptors (Lipinski definition) is 3. The molecule has 1 heterocycles. The molecule has 1 aromatic rings. The summed E-state index contributed by atoms with van der Waals surface area (Å²) in [5, 5.41) is 5.80. The van der Waals surface area contributed by atoms with E-state index in [1.54, 1.807) is 0 Å². The highest BCUT2D eigenvalue weighted by Crippen LogP contribution is 2.28. The summed E-state index contributed by atoms with van der Waals surface area (Å²) in [5.74, 6) is 0.0656. The molecule has 1 aliphatic heterocycles. The van der Waals surface area contributed by atoms with Gasteiger partial charge >= 0.3 is 0 Å². The summed E-state index contributed by atoms with van der Waals surface area (Å²) in [7, 11) is 0. The average molecular weight is 287 g/mol. The third-order valence-electron chi connectivity index (χ3n) is 4.36. The number of carbonyl (C=O) groups is 2. The van der Waals surface area contributed by atoms with Crippen molar-refractivity contribution in [2.75, 3.05) is 10.6 Å². The Morgan fingerprint density at radius 2 is 2.14 bits per heavy atom. The summed E-state index contributed by atoms with van der Waals surface area (Å²) in [4.78, 5) is 23.7. The Morgan fingerprint density at radius 3 is 2.95 bits per heavy atom. The SMILES string of the molecule is NC1CCCC(C(=O)Nc2ccc3c(c2)NC(=O)CC3)C1. The minimum atomic E-state index is -0.000580. The molecule has 2 atom stereocenters. The predicted octanol–water partition coefficient (Wildman–Crippen LogP) is 2.03. The van der Waals surface area contributed by atoms with Crippen LogP contribution >= 0.6 is 0 Å². The van der Waals surface area contributed by atoms with Crippen LogP contribution in [0.15, 0.2) is 18.2 Å². The average Bonchev–Trinajstić information content (AvgIpc) is 2.46. The second kappa shape index (κ2) is 5.85. The van der Waals surface area contributed by atoms with Crippen molar-refractivity contribution in [3.63, 3.8) is 0 Å². The Bertz CT molecular complexity index is 571. The van der Waals surface area contributed by atoms with Gasteiger partial charge < -0.3 is 16.4 Å². The molecule has 0 aromatic heterocycles. The van der Waals surface area contributed by atoms with Gasteiger partial charge in [0.25, 0.3) is 0 Å². The van der Waals surface area contributed by atoms with Crippen molar-refractivity contribution in [1.29, 1.82) is 0 Å². The first-order valence-corrected chi connectivity index (χ1v) is 7.61. The fourth-order valence-electron chi connectivity index (χ4n) is 3.16. The van der Waals surface area contributed by atoms with Crippen molar-refractivity contribution in [3.8, 4) is 0 Å². The number of nitrogens with two attached hydrogens (primary N) is 1. The van der Waals surface area contributed by atoms with Crippen molar-refractivity contribution < 1.29 is 9.59 Å². The van der Waals surface area contributed by atoms with Crippen LogP contribution in [-0.4, -0.2) is 17.9 Å². The topological polar surface area (TPSA) is 84.2 Å². The molecule has 1 fully saturated rings. The summed E-state index contributed by atoms with van der Waals surface area (Å²) in [5.41, 5.74) is 8.60. The smallest absolute Gasteiger partial charge is 0.227 e. The number of benzene rings is 1. The first kappa shape index (κ1) is 14.1. The third-order valence-corrected chi connectivity index (χ3v) is 4.36. The standard InChI is InChI=1S/C16H21N3O2/c17-12-3-1-2-11(8-12)16(21)18-13-6-4-10-5-7-15(20)19-14(10)9-13/h4,6,9,11-12H,1-3,5,7-8,17H2,(H,18,21)(H,19,20). The Morgan fingerprint density at radius 1 is 1.29 bits per heavy atom. The highest BCUT2D eigenvalue weighted by Gasteiger charge is 2.25. The molecule has 0 bridgehead atoms. The predicted molar refractivity (Wildman–Crippen MR) is 82.0 cm³/mol. The molecular weight excluding hydrogens is 266 g/mol. The van der Waals surface area contributed by atoms with Crippen LogP contribution in [-0.2, 0) is 16.0 Å². The lowest BCUT2D eigenvalue weighted by molar-refractivity contribution is -0.121. The Hall–Kier alpha value is -1.88. The first-order chi connectivity index (χ1) is 10.1. The molecule has 3 rings (SSSR count). The second-order valence-electron chi connectivity index (χ2n) is 6.03. The number of anilines is 2. The molecule has 112 valence electrons. The molecule has 0 saturated heterocycles. The molecule has 0 spiro atoms. The lowest BCUT2D eigenvalue weighted by Crippen LogP contribution is -2.34. The highest BCUT2D eigenvalue weighted by atomic mass is 16.2. The van der Waals surface area contributed by atoms with Gasteiger partial charge in [-0.25, -0.2) is 0 Å². The van der Waals surface area contributed by atoms with E-state index in [-0.39, 0.29) is 23.8 Å². The molecule has 2 amide bonds. The van der Waals surface area contributed by atoms with Crippen LogP contribution in [0.5, 0.6) is 0 Å². The quantitative estimate of drug-likeness (QED) is 0.778. The van der Waals surface area contributed by atoms with E-state index in [0.29, 0.717) is 6.42 Å². The molecule has 1 saturated carbocycles. The maximum atomic E-state index is 12.3. The van der Waals surface area contributed by atoms with Crippen molar-refractivity contribution in [1.82, 2.24) is 0 Å². The number of amides is 2. The van der Waals surface area contributed by atoms with Crippen molar-refractivity contribution >= 4 is 23.2 Å². The number of carbonyl (C=O) groups excluding carboxylic acids is 2. The molecule has 2 unspecified atom stereocenters. The van der Waals surface area contributed by atoms with Crippen LogP contribution in [0.25, 0.3) is 0 Å². The normalized spacial score (nSPS) is 24.9. The molecule has 4 N–H and O–H groups in total. The number of fused-ring (bicyclic) bond motifs is 1. The number of aryl methyl sites for hydroxylation is 1. The van der Waals surface area contributed by atoms with Gasteiger partial charge in [-0.2, -0.15) is 0 Å². The van der Waals surface area contributed by atoms with Crippen LogP contribution in [0.2, 0.25) is 0 Å². The van der Waals surface area contributed by atoms with Gasteiger partial charge in [-0.15, -0.1) is 0 Å². The zero-order valence-electron chi connectivity index (χ0n) is 12.0. The lowest BCUT2D eigenvalue weighted by Gasteiger charge is -2.26. The molecule has 1 aliphatic carbocycles. The van der Waals surface area contributed by atoms with Gasteiger partial charge in [0.1, 0.15) is 0 Å². The molecule has 5 heteroatoms. The Kier molecular flexibility index (Phi) is 3.92. The molecule has 21 heavy (non-hydrogen) atoms. The van der Waals surface area contributed by atoms with Gasteiger partial charge in [-0.1, -0.05) is 12.5 Å². The van der Waals surface area contributed by atoms with Crippen LogP contribution in [0.3, 0.4) is 0 Å². The van der Waals surface area contributed by atoms with Crippen LogP contribution < -0.4 is 16.4 Å². The molecule has 1 aromatic carbocycles. The van der Waals surface area contributed by atoms with E-state index in [1.165, 1.54) is 0 Å². The molecular formula is C16H21N3O2. The van der Waals surface area contributed by atoms with E-state index in [9.17, 15) is 9.59 Å². The zero-order chi connectivity index (χ0) is 14.8. The van der Waals surface area contributed by atoms with Gasteiger partial charge in [0, 0.05) is 29.8 Å². The van der Waals surface area contributed by atoms with Crippen molar-refractivity contribution in [2.45, 2.75) is 44.6 Å². The first-order valence-electron chi connectivity index (χ1n) is 7.61. The van der Waals surface area contributed by atoms with E-state index < -0.39 is 0 Å². The van der Waals surface area contributed by atoms with E-state index in [1.807, 2.05) is 18.2 Å². The maximum Gasteiger partial charge on any atom is 0.227 e. The summed E-state index contributed by atoms with van der Waals surface area (Å²) in [6, 6.07) is 5.85. The fraction of sp³-hybridized carbons (Fsp3) is 0.500. The summed E-state index contributed by atoms with van der Waals surface area (Å²) >= 11 is 0. The summed E-state index contributed by atoms with van der Waals surface area (Å²) in [6.07, 6.45) is 4.97. The molecule has 0 radical (unpaired) electrons. The van der Waals surface area contributed by atoms with Crippen molar-refractivity contribution in [3.05, 3.63) is 23.8 Å². The number of rotatable bonds is 2. The van der Waals surface area contributed by atoms with Gasteiger partial charge in [0.2, 0.25) is 11.8 Å². The largest absolute Gasteiger partial charge is 0.328 e. The van der Waals surface area contributed by atoms with E-state index in [2.05, 4.69) is 10.6 Å². The fourth-order valence-corrected chi connectivity index (χ4v) is 3.16. The van der Waals surface area contributed by atoms with Crippen LogP contribution in [0, 0.1) is 5.92 Å². The van der Waals surface area contributed by atoms with Crippen LogP contribution in [0.1, 0.15) is 37.7 Å². The lowest BCUT2D eigenvalue weighted by atomic mass is 9.85. The third kappa shape index (κ3) is 3.24. The molecule has 5 nitrogen and oxygen atoms in total. The maximum absolute atomic E-state index is 12.3. The van der Waals surface area contributed by atoms with Crippen molar-refractivity contribution in [2.24, 2.45) is 11.7 Å². The monoisotopic (exact) mass is 287 g/mol. The second-order valence-corrected chi connectivity index (χ2v) is 6.03. The minimum absolute atomic E-state index is 0.000580. The highest BCUT2D eigenvalue weighted by molar-refractivity contribution is 5.97. The van der Waals surface area contributed by atoms with E-state index in [0.717, 1.165) is 49.0 Å². The summed E-state index contributed by atoms with van der Waals surface area (Å²) < 4.78 is 0. The van der Waals surface area contributed by atoms with Gasteiger partial charge in [0.15, 0.2) is 0 Å². The van der Waals surface area contributed by atoms with Gasteiger partial charge in [-0.3, -0.25) is 9.59 Å². The number of hydrogen-bond donors (Lipinski definition) is 3. The van der Waals surface area contributed by atoms with E-state index >= 15 is 0 Å².